The number of aliphatic hydroxyl groups is 1. The topological polar surface area (TPSA) is 93.1 Å². The molecule has 1 amide bonds. The molecule has 182 valence electrons. The van der Waals surface area contributed by atoms with E-state index < -0.39 is 0 Å². The molecule has 0 aliphatic carbocycles. The van der Waals surface area contributed by atoms with Gasteiger partial charge in [0.25, 0.3) is 0 Å². The van der Waals surface area contributed by atoms with Gasteiger partial charge < -0.3 is 25.5 Å². The SMILES string of the molecule is CCNC(=NCC(CCO)CC(C)C)NCCC(=O)N1CCN(c2ccccn2)CC1.I. The highest BCUT2D eigenvalue weighted by Gasteiger charge is 2.21. The highest BCUT2D eigenvalue weighted by molar-refractivity contribution is 14.0. The zero-order valence-corrected chi connectivity index (χ0v) is 22.1. The van der Waals surface area contributed by atoms with E-state index in [1.54, 1.807) is 6.20 Å². The van der Waals surface area contributed by atoms with Gasteiger partial charge in [0.2, 0.25) is 5.91 Å². The van der Waals surface area contributed by atoms with Gasteiger partial charge in [-0.15, -0.1) is 24.0 Å². The summed E-state index contributed by atoms with van der Waals surface area (Å²) in [6.07, 6.45) is 4.06. The van der Waals surface area contributed by atoms with Crippen molar-refractivity contribution in [3.63, 3.8) is 0 Å². The molecule has 32 heavy (non-hydrogen) atoms. The number of hydrogen-bond acceptors (Lipinski definition) is 5. The van der Waals surface area contributed by atoms with Crippen molar-refractivity contribution in [1.82, 2.24) is 20.5 Å². The molecule has 2 heterocycles. The van der Waals surface area contributed by atoms with Crippen LogP contribution in [-0.2, 0) is 4.79 Å². The van der Waals surface area contributed by atoms with Crippen molar-refractivity contribution >= 4 is 41.7 Å². The third-order valence-electron chi connectivity index (χ3n) is 5.43. The van der Waals surface area contributed by atoms with E-state index >= 15 is 0 Å². The fourth-order valence-corrected chi connectivity index (χ4v) is 3.87. The molecule has 8 nitrogen and oxygen atoms in total. The number of pyridine rings is 1. The maximum absolute atomic E-state index is 12.6. The molecule has 0 aromatic carbocycles. The summed E-state index contributed by atoms with van der Waals surface area (Å²) >= 11 is 0. The van der Waals surface area contributed by atoms with Crippen LogP contribution in [0.2, 0.25) is 0 Å². The Kier molecular flexibility index (Phi) is 14.3. The Morgan fingerprint density at radius 2 is 1.97 bits per heavy atom. The molecule has 1 aliphatic heterocycles. The Hall–Kier alpha value is -1.62. The molecule has 0 bridgehead atoms. The zero-order valence-electron chi connectivity index (χ0n) is 19.8. The van der Waals surface area contributed by atoms with Gasteiger partial charge in [-0.25, -0.2) is 4.98 Å². The normalized spacial score (nSPS) is 15.3. The van der Waals surface area contributed by atoms with Crippen LogP contribution >= 0.6 is 24.0 Å². The maximum Gasteiger partial charge on any atom is 0.224 e. The number of anilines is 1. The Morgan fingerprint density at radius 3 is 2.56 bits per heavy atom. The number of piperazine rings is 1. The van der Waals surface area contributed by atoms with Crippen LogP contribution in [0.5, 0.6) is 0 Å². The van der Waals surface area contributed by atoms with Crippen LogP contribution in [0.15, 0.2) is 29.4 Å². The van der Waals surface area contributed by atoms with Crippen molar-refractivity contribution in [3.8, 4) is 0 Å². The number of aliphatic hydroxyl groups excluding tert-OH is 1. The van der Waals surface area contributed by atoms with E-state index in [9.17, 15) is 9.90 Å². The van der Waals surface area contributed by atoms with Crippen LogP contribution in [0.25, 0.3) is 0 Å². The Bertz CT molecular complexity index is 666. The molecule has 0 saturated carbocycles. The minimum absolute atomic E-state index is 0. The maximum atomic E-state index is 12.6. The van der Waals surface area contributed by atoms with Crippen LogP contribution in [0, 0.1) is 11.8 Å². The molecule has 2 rings (SSSR count). The summed E-state index contributed by atoms with van der Waals surface area (Å²) in [6, 6.07) is 5.91. The number of guanidine groups is 1. The smallest absolute Gasteiger partial charge is 0.224 e. The Balaban J connectivity index is 0.00000512. The van der Waals surface area contributed by atoms with Crippen molar-refractivity contribution in [1.29, 1.82) is 0 Å². The minimum atomic E-state index is 0. The van der Waals surface area contributed by atoms with Crippen molar-refractivity contribution in [2.75, 3.05) is 57.3 Å². The lowest BCUT2D eigenvalue weighted by molar-refractivity contribution is -0.131. The lowest BCUT2D eigenvalue weighted by Gasteiger charge is -2.35. The average molecular weight is 561 g/mol. The van der Waals surface area contributed by atoms with E-state index in [2.05, 4.69) is 39.4 Å². The fraction of sp³-hybridized carbons (Fsp3) is 0.696. The summed E-state index contributed by atoms with van der Waals surface area (Å²) in [7, 11) is 0. The molecule has 0 radical (unpaired) electrons. The van der Waals surface area contributed by atoms with Crippen molar-refractivity contribution in [2.24, 2.45) is 16.8 Å². The Labute approximate surface area is 210 Å². The first kappa shape index (κ1) is 28.4. The standard InChI is InChI=1S/C23H40N6O2.HI/c1-4-24-23(27-18-20(9-16-30)17-19(2)3)26-11-8-22(31)29-14-12-28(13-15-29)21-7-5-6-10-25-21;/h5-7,10,19-20,30H,4,8-9,11-18H2,1-3H3,(H2,24,26,27);1H. The number of nitrogens with zero attached hydrogens (tertiary/aromatic N) is 4. The summed E-state index contributed by atoms with van der Waals surface area (Å²) in [4.78, 5) is 25.9. The summed E-state index contributed by atoms with van der Waals surface area (Å²) < 4.78 is 0. The van der Waals surface area contributed by atoms with E-state index in [0.29, 0.717) is 31.3 Å². The second-order valence-electron chi connectivity index (χ2n) is 8.46. The summed E-state index contributed by atoms with van der Waals surface area (Å²) in [5.41, 5.74) is 0. The molecular weight excluding hydrogens is 519 g/mol. The van der Waals surface area contributed by atoms with E-state index in [0.717, 1.165) is 57.3 Å². The number of hydrogen-bond donors (Lipinski definition) is 3. The van der Waals surface area contributed by atoms with E-state index in [4.69, 9.17) is 0 Å². The number of amides is 1. The molecule has 1 aromatic heterocycles. The third-order valence-corrected chi connectivity index (χ3v) is 5.43. The molecule has 9 heteroatoms. The molecule has 1 atom stereocenters. The van der Waals surface area contributed by atoms with Gasteiger partial charge in [-0.2, -0.15) is 0 Å². The highest BCUT2D eigenvalue weighted by atomic mass is 127. The second-order valence-corrected chi connectivity index (χ2v) is 8.46. The number of carbonyl (C=O) groups is 1. The number of aromatic nitrogens is 1. The van der Waals surface area contributed by atoms with Crippen LogP contribution in [0.4, 0.5) is 5.82 Å². The van der Waals surface area contributed by atoms with Gasteiger partial charge in [-0.05, 0) is 43.7 Å². The number of carbonyl (C=O) groups excluding carboxylic acids is 1. The first-order valence-corrected chi connectivity index (χ1v) is 11.6. The highest BCUT2D eigenvalue weighted by Crippen LogP contribution is 2.15. The predicted molar refractivity (Wildman–Crippen MR) is 142 cm³/mol. The van der Waals surface area contributed by atoms with Crippen LogP contribution in [-0.4, -0.2) is 79.3 Å². The first-order valence-electron chi connectivity index (χ1n) is 11.6. The molecule has 1 saturated heterocycles. The number of halogens is 1. The summed E-state index contributed by atoms with van der Waals surface area (Å²) in [5, 5.41) is 15.8. The molecule has 1 unspecified atom stereocenters. The molecular formula is C23H41IN6O2. The van der Waals surface area contributed by atoms with E-state index in [-0.39, 0.29) is 36.5 Å². The quantitative estimate of drug-likeness (QED) is 0.219. The molecule has 1 fully saturated rings. The third kappa shape index (κ3) is 10.3. The summed E-state index contributed by atoms with van der Waals surface area (Å²) in [5.74, 6) is 2.83. The molecule has 0 spiro atoms. The largest absolute Gasteiger partial charge is 0.396 e. The van der Waals surface area contributed by atoms with Gasteiger partial charge in [-0.3, -0.25) is 9.79 Å². The molecule has 1 aliphatic rings. The molecule has 3 N–H and O–H groups in total. The summed E-state index contributed by atoms with van der Waals surface area (Å²) in [6.45, 7) is 11.7. The van der Waals surface area contributed by atoms with Crippen LogP contribution in [0.1, 0.15) is 40.0 Å². The predicted octanol–water partition coefficient (Wildman–Crippen LogP) is 2.34. The van der Waals surface area contributed by atoms with Gasteiger partial charge in [0, 0.05) is 65.0 Å². The zero-order chi connectivity index (χ0) is 22.5. The molecule has 1 aromatic rings. The average Bonchev–Trinajstić information content (AvgIpc) is 2.77. The number of aliphatic imine (C=N–C) groups is 1. The van der Waals surface area contributed by atoms with Crippen molar-refractivity contribution < 1.29 is 9.90 Å². The van der Waals surface area contributed by atoms with Gasteiger partial charge in [0.15, 0.2) is 5.96 Å². The van der Waals surface area contributed by atoms with Crippen molar-refractivity contribution in [2.45, 2.75) is 40.0 Å². The van der Waals surface area contributed by atoms with Crippen LogP contribution in [0.3, 0.4) is 0 Å². The monoisotopic (exact) mass is 560 g/mol. The van der Waals surface area contributed by atoms with E-state index in [1.165, 1.54) is 0 Å². The minimum Gasteiger partial charge on any atom is -0.396 e. The fourth-order valence-electron chi connectivity index (χ4n) is 3.87. The van der Waals surface area contributed by atoms with E-state index in [1.807, 2.05) is 30.0 Å². The number of nitrogens with one attached hydrogen (secondary N) is 2. The second kappa shape index (κ2) is 16.1. The first-order chi connectivity index (χ1) is 15.0. The van der Waals surface area contributed by atoms with Crippen molar-refractivity contribution in [3.05, 3.63) is 24.4 Å². The van der Waals surface area contributed by atoms with Gasteiger partial charge in [-0.1, -0.05) is 19.9 Å². The van der Waals surface area contributed by atoms with Gasteiger partial charge in [0.05, 0.1) is 0 Å². The van der Waals surface area contributed by atoms with Gasteiger partial charge in [0.1, 0.15) is 5.82 Å². The van der Waals surface area contributed by atoms with Gasteiger partial charge >= 0.3 is 0 Å². The Morgan fingerprint density at radius 1 is 1.22 bits per heavy atom. The lowest BCUT2D eigenvalue weighted by atomic mass is 9.94. The lowest BCUT2D eigenvalue weighted by Crippen LogP contribution is -2.49. The van der Waals surface area contributed by atoms with Crippen LogP contribution < -0.4 is 15.5 Å². The number of rotatable bonds is 11.